The number of hydrogen-bond acceptors (Lipinski definition) is 9. The molecule has 0 bridgehead atoms. The van der Waals surface area contributed by atoms with E-state index in [0.717, 1.165) is 31.3 Å². The lowest BCUT2D eigenvalue weighted by molar-refractivity contribution is -0.303. The number of carbonyl (C=O) groups is 1. The Hall–Kier alpha value is -1.11. The lowest BCUT2D eigenvalue weighted by Crippen LogP contribution is -2.64. The maximum Gasteiger partial charge on any atom is 0.256 e. The van der Waals surface area contributed by atoms with Crippen LogP contribution >= 0.6 is 0 Å². The first-order valence-corrected chi connectivity index (χ1v) is 13.2. The second-order valence-corrected chi connectivity index (χ2v) is 11.0. The van der Waals surface area contributed by atoms with Gasteiger partial charge in [0.1, 0.15) is 12.9 Å². The number of rotatable bonds is 10. The van der Waals surface area contributed by atoms with Gasteiger partial charge >= 0.3 is 0 Å². The molecule has 0 radical (unpaired) electrons. The van der Waals surface area contributed by atoms with Crippen molar-refractivity contribution in [3.63, 3.8) is 0 Å². The molecule has 0 aromatic heterocycles. The number of fused-ring (bicyclic) bond motifs is 1. The van der Waals surface area contributed by atoms with Crippen molar-refractivity contribution in [3.05, 3.63) is 12.2 Å². The fourth-order valence-electron chi connectivity index (χ4n) is 5.84. The molecule has 36 heavy (non-hydrogen) atoms. The van der Waals surface area contributed by atoms with E-state index in [4.69, 9.17) is 28.8 Å². The van der Waals surface area contributed by atoms with Crippen molar-refractivity contribution >= 4 is 5.91 Å². The van der Waals surface area contributed by atoms with E-state index in [1.54, 1.807) is 0 Å². The minimum Gasteiger partial charge on any atom is -0.396 e. The Morgan fingerprint density at radius 2 is 2.00 bits per heavy atom. The second-order valence-electron chi connectivity index (χ2n) is 11.0. The van der Waals surface area contributed by atoms with Crippen LogP contribution in [0.2, 0.25) is 0 Å². The summed E-state index contributed by atoms with van der Waals surface area (Å²) >= 11 is 0. The molecule has 3 aliphatic heterocycles. The first-order valence-electron chi connectivity index (χ1n) is 13.2. The summed E-state index contributed by atoms with van der Waals surface area (Å²) < 4.78 is 29.6. The van der Waals surface area contributed by atoms with E-state index >= 15 is 0 Å². The van der Waals surface area contributed by atoms with Gasteiger partial charge in [-0.15, -0.1) is 0 Å². The molecule has 10 heteroatoms. The van der Waals surface area contributed by atoms with Crippen molar-refractivity contribution < 1.29 is 43.8 Å². The first-order chi connectivity index (χ1) is 17.1. The van der Waals surface area contributed by atoms with Gasteiger partial charge in [-0.05, 0) is 50.9 Å². The lowest BCUT2D eigenvalue weighted by atomic mass is 9.82. The van der Waals surface area contributed by atoms with E-state index in [-0.39, 0.29) is 49.5 Å². The molecule has 4 rings (SSSR count). The van der Waals surface area contributed by atoms with E-state index in [2.05, 4.69) is 11.9 Å². The Labute approximate surface area is 213 Å². The number of ether oxygens (including phenoxy) is 5. The van der Waals surface area contributed by atoms with E-state index in [0.29, 0.717) is 19.3 Å². The van der Waals surface area contributed by atoms with Crippen LogP contribution in [0, 0.1) is 11.3 Å². The van der Waals surface area contributed by atoms with Crippen molar-refractivity contribution in [1.29, 1.82) is 0 Å². The summed E-state index contributed by atoms with van der Waals surface area (Å²) in [4.78, 5) is 13.2. The fraction of sp³-hybridized carbons (Fsp3) is 0.885. The maximum absolute atomic E-state index is 13.2. The van der Waals surface area contributed by atoms with Crippen LogP contribution in [0.3, 0.4) is 0 Å². The van der Waals surface area contributed by atoms with Crippen molar-refractivity contribution in [2.24, 2.45) is 11.3 Å². The van der Waals surface area contributed by atoms with Gasteiger partial charge in [0.2, 0.25) is 5.79 Å². The van der Waals surface area contributed by atoms with Crippen LogP contribution in [0.4, 0.5) is 0 Å². The summed E-state index contributed by atoms with van der Waals surface area (Å²) in [5.74, 6) is -2.15. The molecule has 1 amide bonds. The number of aliphatic hydroxyl groups is 3. The SMILES string of the molecule is C=C1C[C@](OC)(C(O)C(=O)NC2OCO[C@@H]3CC4(CC4)C(CC(O)CCCCO)O[C@H]23)O[C@H](C)[C@@H]1C. The average Bonchev–Trinajstić information content (AvgIpc) is 3.62. The van der Waals surface area contributed by atoms with Crippen LogP contribution < -0.4 is 5.32 Å². The van der Waals surface area contributed by atoms with Crippen LogP contribution in [0.5, 0.6) is 0 Å². The number of aliphatic hydroxyl groups excluding tert-OH is 3. The third-order valence-electron chi connectivity index (χ3n) is 8.63. The van der Waals surface area contributed by atoms with Gasteiger partial charge in [0.15, 0.2) is 12.3 Å². The van der Waals surface area contributed by atoms with Gasteiger partial charge in [-0.1, -0.05) is 19.1 Å². The molecular weight excluding hydrogens is 470 g/mol. The third kappa shape index (κ3) is 5.66. The number of methoxy groups -OCH3 is 1. The fourth-order valence-corrected chi connectivity index (χ4v) is 5.84. The predicted octanol–water partition coefficient (Wildman–Crippen LogP) is 1.36. The number of amides is 1. The van der Waals surface area contributed by atoms with Crippen LogP contribution in [-0.2, 0) is 28.5 Å². The molecule has 10 nitrogen and oxygen atoms in total. The molecule has 206 valence electrons. The molecule has 0 aromatic carbocycles. The zero-order valence-corrected chi connectivity index (χ0v) is 21.7. The monoisotopic (exact) mass is 513 g/mol. The van der Waals surface area contributed by atoms with E-state index in [1.807, 2.05) is 13.8 Å². The van der Waals surface area contributed by atoms with Crippen LogP contribution in [0.1, 0.15) is 65.2 Å². The van der Waals surface area contributed by atoms with Crippen molar-refractivity contribution in [3.8, 4) is 0 Å². The number of unbranched alkanes of at least 4 members (excludes halogenated alkanes) is 1. The molecular formula is C26H43NO9. The van der Waals surface area contributed by atoms with Crippen LogP contribution in [0.25, 0.3) is 0 Å². The topological polar surface area (TPSA) is 136 Å². The molecule has 4 unspecified atom stereocenters. The lowest BCUT2D eigenvalue weighted by Gasteiger charge is -2.48. The van der Waals surface area contributed by atoms with E-state index in [1.165, 1.54) is 7.11 Å². The highest BCUT2D eigenvalue weighted by Gasteiger charge is 2.59. The number of hydrogen-bond donors (Lipinski definition) is 4. The van der Waals surface area contributed by atoms with Gasteiger partial charge in [-0.2, -0.15) is 0 Å². The molecule has 3 heterocycles. The molecule has 4 aliphatic rings. The normalized spacial score (nSPS) is 39.3. The summed E-state index contributed by atoms with van der Waals surface area (Å²) in [6, 6.07) is 0. The van der Waals surface area contributed by atoms with Crippen molar-refractivity contribution in [2.75, 3.05) is 20.5 Å². The highest BCUT2D eigenvalue weighted by Crippen LogP contribution is 2.58. The summed E-state index contributed by atoms with van der Waals surface area (Å²) in [5, 5.41) is 33.4. The van der Waals surface area contributed by atoms with Crippen molar-refractivity contribution in [2.45, 2.75) is 114 Å². The van der Waals surface area contributed by atoms with E-state index < -0.39 is 36.2 Å². The van der Waals surface area contributed by atoms with Crippen molar-refractivity contribution in [1.82, 2.24) is 5.32 Å². The standard InChI is InChI=1S/C26H43NO9/c1-15-12-26(32-4,36-17(3)16(15)2)22(30)23(31)27-24-21-19(33-14-34-24)13-25(8-9-25)20(35-21)11-18(29)7-5-6-10-28/h16-22,24,28-30H,1,5-14H2,2-4H3,(H,27,31)/t16-,17-,18?,19-,20?,21+,22?,24?,26-/m1/s1. The van der Waals surface area contributed by atoms with Crippen LogP contribution in [-0.4, -0.2) is 90.4 Å². The molecule has 0 aromatic rings. The highest BCUT2D eigenvalue weighted by atomic mass is 16.7. The molecule has 1 spiro atoms. The molecule has 4 fully saturated rings. The summed E-state index contributed by atoms with van der Waals surface area (Å²) in [6.07, 6.45) is 1.22. The molecule has 3 saturated heterocycles. The largest absolute Gasteiger partial charge is 0.396 e. The van der Waals surface area contributed by atoms with Gasteiger partial charge < -0.3 is 44.3 Å². The minimum atomic E-state index is -1.61. The zero-order chi connectivity index (χ0) is 26.1. The molecule has 9 atom stereocenters. The summed E-state index contributed by atoms with van der Waals surface area (Å²) in [5.41, 5.74) is 0.823. The molecule has 1 saturated carbocycles. The maximum atomic E-state index is 13.2. The third-order valence-corrected chi connectivity index (χ3v) is 8.63. The minimum absolute atomic E-state index is 0.00732. The Bertz CT molecular complexity index is 789. The van der Waals surface area contributed by atoms with Gasteiger partial charge in [0, 0.05) is 32.5 Å². The number of nitrogens with one attached hydrogen (secondary N) is 1. The van der Waals surface area contributed by atoms with Crippen LogP contribution in [0.15, 0.2) is 12.2 Å². The molecule has 4 N–H and O–H groups in total. The van der Waals surface area contributed by atoms with E-state index in [9.17, 15) is 15.0 Å². The Balaban J connectivity index is 1.41. The first kappa shape index (κ1) is 27.9. The Morgan fingerprint density at radius 1 is 1.25 bits per heavy atom. The van der Waals surface area contributed by atoms with Gasteiger partial charge in [-0.25, -0.2) is 0 Å². The average molecular weight is 514 g/mol. The quantitative estimate of drug-likeness (QED) is 0.252. The van der Waals surface area contributed by atoms with Gasteiger partial charge in [0.05, 0.1) is 24.4 Å². The number of carbonyl (C=O) groups excluding carboxylic acids is 1. The zero-order valence-electron chi connectivity index (χ0n) is 21.7. The summed E-state index contributed by atoms with van der Waals surface area (Å²) in [7, 11) is 1.41. The van der Waals surface area contributed by atoms with Gasteiger partial charge in [-0.3, -0.25) is 4.79 Å². The highest BCUT2D eigenvalue weighted by molar-refractivity contribution is 5.82. The summed E-state index contributed by atoms with van der Waals surface area (Å²) in [6.45, 7) is 8.05. The Morgan fingerprint density at radius 3 is 2.64 bits per heavy atom. The molecule has 1 aliphatic carbocycles. The Kier molecular flexibility index (Phi) is 8.78. The second kappa shape index (κ2) is 11.3. The smallest absolute Gasteiger partial charge is 0.256 e. The van der Waals surface area contributed by atoms with Gasteiger partial charge in [0.25, 0.3) is 5.91 Å². The predicted molar refractivity (Wildman–Crippen MR) is 128 cm³/mol.